The molecule has 1 aliphatic heterocycles. The lowest BCUT2D eigenvalue weighted by atomic mass is 9.77. The molecule has 24 heavy (non-hydrogen) atoms. The minimum atomic E-state index is -0.206. The van der Waals surface area contributed by atoms with Gasteiger partial charge in [0, 0.05) is 12.6 Å². The lowest BCUT2D eigenvalue weighted by Crippen LogP contribution is -2.44. The molecule has 0 spiro atoms. The zero-order valence-corrected chi connectivity index (χ0v) is 15.9. The maximum atomic E-state index is 4.79. The Morgan fingerprint density at radius 1 is 1.04 bits per heavy atom. The van der Waals surface area contributed by atoms with E-state index >= 15 is 0 Å². The van der Waals surface area contributed by atoms with Crippen LogP contribution in [0.15, 0.2) is 35.3 Å². The van der Waals surface area contributed by atoms with Crippen LogP contribution in [0.5, 0.6) is 0 Å². The smallest absolute Gasteiger partial charge is 0.0919 e. The third-order valence-electron chi connectivity index (χ3n) is 5.62. The zero-order valence-electron chi connectivity index (χ0n) is 15.9. The van der Waals surface area contributed by atoms with E-state index in [4.69, 9.17) is 4.99 Å². The molecule has 0 amide bonds. The van der Waals surface area contributed by atoms with Gasteiger partial charge in [-0.25, -0.2) is 4.99 Å². The number of hydrogen-bond acceptors (Lipinski definition) is 2. The third kappa shape index (κ3) is 2.36. The maximum Gasteiger partial charge on any atom is 0.0919 e. The average Bonchev–Trinajstić information content (AvgIpc) is 2.53. The molecular weight excluding hydrogens is 292 g/mol. The standard InChI is InChI=1S/C22H28N2/c1-14(2)18-9-8-10-19-21(18)23-13-24(7)22(19,6)20-12-15(3)11-16(4)17(20)5/h8-14H,1-7H3. The van der Waals surface area contributed by atoms with Gasteiger partial charge in [-0.3, -0.25) is 0 Å². The molecule has 0 bridgehead atoms. The van der Waals surface area contributed by atoms with Crippen LogP contribution in [0.4, 0.5) is 5.69 Å². The molecule has 1 aliphatic rings. The Morgan fingerprint density at radius 2 is 1.75 bits per heavy atom. The van der Waals surface area contributed by atoms with Crippen LogP contribution in [0.3, 0.4) is 0 Å². The summed E-state index contributed by atoms with van der Waals surface area (Å²) in [6.45, 7) is 13.4. The normalized spacial score (nSPS) is 19.8. The highest BCUT2D eigenvalue weighted by Gasteiger charge is 2.39. The molecule has 2 heteroatoms. The van der Waals surface area contributed by atoms with Crippen LogP contribution in [-0.2, 0) is 5.54 Å². The Bertz CT molecular complexity index is 817. The van der Waals surface area contributed by atoms with E-state index in [1.165, 1.54) is 33.4 Å². The van der Waals surface area contributed by atoms with Crippen LogP contribution in [-0.4, -0.2) is 18.3 Å². The van der Waals surface area contributed by atoms with E-state index in [1.54, 1.807) is 0 Å². The van der Waals surface area contributed by atoms with Crippen LogP contribution in [0.1, 0.15) is 60.1 Å². The second kappa shape index (κ2) is 5.77. The summed E-state index contributed by atoms with van der Waals surface area (Å²) in [6, 6.07) is 11.2. The van der Waals surface area contributed by atoms with Crippen molar-refractivity contribution in [2.75, 3.05) is 7.05 Å². The summed E-state index contributed by atoms with van der Waals surface area (Å²) in [5.41, 5.74) is 8.96. The Balaban J connectivity index is 2.33. The maximum absolute atomic E-state index is 4.79. The SMILES string of the molecule is Cc1cc(C)c(C)c(C2(C)c3cccc(C(C)C)c3N=CN2C)c1. The molecule has 2 nitrogen and oxygen atoms in total. The van der Waals surface area contributed by atoms with Gasteiger partial charge in [-0.05, 0) is 55.9 Å². The van der Waals surface area contributed by atoms with Gasteiger partial charge in [-0.2, -0.15) is 0 Å². The summed E-state index contributed by atoms with van der Waals surface area (Å²) in [7, 11) is 2.13. The summed E-state index contributed by atoms with van der Waals surface area (Å²) in [5.74, 6) is 0.463. The van der Waals surface area contributed by atoms with Crippen LogP contribution in [0.25, 0.3) is 0 Å². The minimum Gasteiger partial charge on any atom is -0.352 e. The van der Waals surface area contributed by atoms with Crippen molar-refractivity contribution in [1.29, 1.82) is 0 Å². The van der Waals surface area contributed by atoms with Gasteiger partial charge >= 0.3 is 0 Å². The van der Waals surface area contributed by atoms with E-state index in [9.17, 15) is 0 Å². The van der Waals surface area contributed by atoms with Crippen LogP contribution in [0, 0.1) is 20.8 Å². The molecule has 0 radical (unpaired) electrons. The number of hydrogen-bond donors (Lipinski definition) is 0. The van der Waals surface area contributed by atoms with Gasteiger partial charge in [0.25, 0.3) is 0 Å². The topological polar surface area (TPSA) is 15.6 Å². The number of aliphatic imine (C=N–C) groups is 1. The quantitative estimate of drug-likeness (QED) is 0.703. The van der Waals surface area contributed by atoms with E-state index in [0.717, 1.165) is 5.69 Å². The van der Waals surface area contributed by atoms with Crippen molar-refractivity contribution in [3.05, 3.63) is 63.7 Å². The number of rotatable bonds is 2. The molecule has 0 N–H and O–H groups in total. The molecule has 1 heterocycles. The molecule has 1 unspecified atom stereocenters. The number of aryl methyl sites for hydroxylation is 2. The molecule has 0 fully saturated rings. The molecular formula is C22H28N2. The van der Waals surface area contributed by atoms with E-state index < -0.39 is 0 Å². The van der Waals surface area contributed by atoms with E-state index in [2.05, 4.69) is 83.8 Å². The first-order valence-corrected chi connectivity index (χ1v) is 8.75. The Morgan fingerprint density at radius 3 is 2.42 bits per heavy atom. The summed E-state index contributed by atoms with van der Waals surface area (Å²) in [6.07, 6.45) is 1.99. The highest BCUT2D eigenvalue weighted by molar-refractivity contribution is 5.74. The van der Waals surface area contributed by atoms with Crippen molar-refractivity contribution in [3.8, 4) is 0 Å². The number of nitrogens with zero attached hydrogens (tertiary/aromatic N) is 2. The predicted molar refractivity (Wildman–Crippen MR) is 104 cm³/mol. The molecule has 3 rings (SSSR count). The average molecular weight is 320 g/mol. The first-order valence-electron chi connectivity index (χ1n) is 8.75. The lowest BCUT2D eigenvalue weighted by molar-refractivity contribution is 0.290. The Labute approximate surface area is 146 Å². The third-order valence-corrected chi connectivity index (χ3v) is 5.62. The fourth-order valence-electron chi connectivity index (χ4n) is 3.89. The number of fused-ring (bicyclic) bond motifs is 1. The van der Waals surface area contributed by atoms with E-state index in [1.807, 2.05) is 6.34 Å². The highest BCUT2D eigenvalue weighted by atomic mass is 15.2. The summed E-state index contributed by atoms with van der Waals surface area (Å²) in [5, 5.41) is 0. The number of benzene rings is 2. The second-order valence-corrected chi connectivity index (χ2v) is 7.58. The Hall–Kier alpha value is -2.09. The first-order chi connectivity index (χ1) is 11.3. The van der Waals surface area contributed by atoms with Crippen molar-refractivity contribution < 1.29 is 0 Å². The fourth-order valence-corrected chi connectivity index (χ4v) is 3.89. The van der Waals surface area contributed by atoms with Crippen LogP contribution < -0.4 is 0 Å². The van der Waals surface area contributed by atoms with Gasteiger partial charge in [0.1, 0.15) is 0 Å². The summed E-state index contributed by atoms with van der Waals surface area (Å²) >= 11 is 0. The van der Waals surface area contributed by atoms with E-state index in [-0.39, 0.29) is 5.54 Å². The van der Waals surface area contributed by atoms with E-state index in [0.29, 0.717) is 5.92 Å². The van der Waals surface area contributed by atoms with Gasteiger partial charge in [0.2, 0.25) is 0 Å². The Kier molecular flexibility index (Phi) is 4.03. The largest absolute Gasteiger partial charge is 0.352 e. The van der Waals surface area contributed by atoms with Gasteiger partial charge in [0.05, 0.1) is 17.6 Å². The van der Waals surface area contributed by atoms with Crippen molar-refractivity contribution in [2.45, 2.75) is 53.0 Å². The van der Waals surface area contributed by atoms with Gasteiger partial charge < -0.3 is 4.90 Å². The fraction of sp³-hybridized carbons (Fsp3) is 0.409. The first kappa shape index (κ1) is 16.8. The molecule has 2 aromatic carbocycles. The van der Waals surface area contributed by atoms with Crippen molar-refractivity contribution in [1.82, 2.24) is 4.90 Å². The van der Waals surface area contributed by atoms with Gasteiger partial charge in [0.15, 0.2) is 0 Å². The second-order valence-electron chi connectivity index (χ2n) is 7.58. The molecule has 0 saturated carbocycles. The predicted octanol–water partition coefficient (Wildman–Crippen LogP) is 5.60. The molecule has 0 aromatic heterocycles. The molecule has 126 valence electrons. The van der Waals surface area contributed by atoms with Crippen molar-refractivity contribution in [3.63, 3.8) is 0 Å². The summed E-state index contributed by atoms with van der Waals surface area (Å²) in [4.78, 5) is 7.04. The molecule has 0 aliphatic carbocycles. The van der Waals surface area contributed by atoms with Crippen molar-refractivity contribution in [2.24, 2.45) is 4.99 Å². The van der Waals surface area contributed by atoms with Gasteiger partial charge in [-0.15, -0.1) is 0 Å². The van der Waals surface area contributed by atoms with Crippen LogP contribution >= 0.6 is 0 Å². The monoisotopic (exact) mass is 320 g/mol. The van der Waals surface area contributed by atoms with Crippen LogP contribution in [0.2, 0.25) is 0 Å². The molecule has 1 atom stereocenters. The van der Waals surface area contributed by atoms with Gasteiger partial charge in [-0.1, -0.05) is 49.7 Å². The number of para-hydroxylation sites is 1. The summed E-state index contributed by atoms with van der Waals surface area (Å²) < 4.78 is 0. The molecule has 0 saturated heterocycles. The minimum absolute atomic E-state index is 0.206. The lowest BCUT2D eigenvalue weighted by Gasteiger charge is -2.43. The van der Waals surface area contributed by atoms with Crippen molar-refractivity contribution >= 4 is 12.0 Å². The highest BCUT2D eigenvalue weighted by Crippen LogP contribution is 2.46. The molecule has 2 aromatic rings. The zero-order chi connectivity index (χ0) is 17.6.